The summed E-state index contributed by atoms with van der Waals surface area (Å²) in [5, 5.41) is 12.2. The molecule has 0 aliphatic rings. The van der Waals surface area contributed by atoms with Crippen LogP contribution in [0.3, 0.4) is 0 Å². The zero-order valence-electron chi connectivity index (χ0n) is 10.5. The Hall–Kier alpha value is -2.63. The fourth-order valence-corrected chi connectivity index (χ4v) is 1.75. The Labute approximate surface area is 108 Å². The molecule has 0 radical (unpaired) electrons. The maximum absolute atomic E-state index is 12.1. The minimum Gasteiger partial charge on any atom is -0.267 e. The summed E-state index contributed by atoms with van der Waals surface area (Å²) in [5.41, 5.74) is 1.81. The average molecular weight is 253 g/mol. The lowest BCUT2D eigenvalue weighted by Gasteiger charge is -2.04. The molecular formula is C13H11N5O. The van der Waals surface area contributed by atoms with Crippen LogP contribution in [0, 0.1) is 13.8 Å². The molecule has 0 amide bonds. The number of nitrogens with zero attached hydrogens (tertiary/aromatic N) is 5. The van der Waals surface area contributed by atoms with E-state index >= 15 is 0 Å². The average Bonchev–Trinajstić information content (AvgIpc) is 2.46. The van der Waals surface area contributed by atoms with E-state index in [1.807, 2.05) is 30.3 Å². The van der Waals surface area contributed by atoms with Crippen LogP contribution in [0.5, 0.6) is 0 Å². The van der Waals surface area contributed by atoms with Crippen LogP contribution < -0.4 is 5.56 Å². The van der Waals surface area contributed by atoms with Crippen LogP contribution in [0.4, 0.5) is 0 Å². The summed E-state index contributed by atoms with van der Waals surface area (Å²) >= 11 is 0. The van der Waals surface area contributed by atoms with E-state index in [2.05, 4.69) is 20.3 Å². The lowest BCUT2D eigenvalue weighted by Crippen LogP contribution is -2.23. The molecule has 0 saturated heterocycles. The highest BCUT2D eigenvalue weighted by Crippen LogP contribution is 2.11. The second-order valence-electron chi connectivity index (χ2n) is 4.23. The summed E-state index contributed by atoms with van der Waals surface area (Å²) < 4.78 is 1.19. The molecule has 94 valence electrons. The summed E-state index contributed by atoms with van der Waals surface area (Å²) in [6, 6.07) is 9.39. The first-order valence-corrected chi connectivity index (χ1v) is 5.83. The van der Waals surface area contributed by atoms with Crippen molar-refractivity contribution in [3.05, 3.63) is 51.9 Å². The molecule has 3 aromatic rings. The molecule has 0 saturated carbocycles. The minimum atomic E-state index is -0.213. The second kappa shape index (κ2) is 4.24. The van der Waals surface area contributed by atoms with E-state index in [0.29, 0.717) is 17.1 Å². The smallest absolute Gasteiger partial charge is 0.267 e. The molecule has 0 fully saturated rings. The summed E-state index contributed by atoms with van der Waals surface area (Å²) in [6.45, 7) is 3.49. The number of aryl methyl sites for hydroxylation is 1. The fourth-order valence-electron chi connectivity index (χ4n) is 1.75. The van der Waals surface area contributed by atoms with Gasteiger partial charge >= 0.3 is 0 Å². The largest absolute Gasteiger partial charge is 0.278 e. The third-order valence-electron chi connectivity index (χ3n) is 2.97. The standard InChI is InChI=1S/C13H11N5O/c1-8-9(2)14-13-16-15-11(17-18(13)12(8)19)10-6-4-3-5-7-10/h3-7H,1-2H3. The molecule has 0 atom stereocenters. The van der Waals surface area contributed by atoms with Crippen molar-refractivity contribution in [2.45, 2.75) is 13.8 Å². The molecule has 0 aliphatic heterocycles. The Kier molecular flexibility index (Phi) is 2.56. The molecule has 19 heavy (non-hydrogen) atoms. The first-order valence-electron chi connectivity index (χ1n) is 5.83. The van der Waals surface area contributed by atoms with Gasteiger partial charge in [0.05, 0.1) is 0 Å². The molecule has 3 rings (SSSR count). The monoisotopic (exact) mass is 253 g/mol. The van der Waals surface area contributed by atoms with Crippen molar-refractivity contribution in [3.8, 4) is 11.4 Å². The number of hydrogen-bond donors (Lipinski definition) is 0. The number of aromatic nitrogens is 5. The van der Waals surface area contributed by atoms with Gasteiger partial charge in [-0.15, -0.1) is 15.3 Å². The lowest BCUT2D eigenvalue weighted by atomic mass is 10.2. The van der Waals surface area contributed by atoms with Crippen LogP contribution in [0.25, 0.3) is 17.2 Å². The maximum atomic E-state index is 12.1. The first-order chi connectivity index (χ1) is 9.16. The number of hydrogen-bond acceptors (Lipinski definition) is 5. The van der Waals surface area contributed by atoms with Gasteiger partial charge in [-0.2, -0.15) is 4.52 Å². The number of rotatable bonds is 1. The summed E-state index contributed by atoms with van der Waals surface area (Å²) in [6.07, 6.45) is 0. The fraction of sp³-hybridized carbons (Fsp3) is 0.154. The van der Waals surface area contributed by atoms with Crippen LogP contribution in [-0.4, -0.2) is 24.8 Å². The molecular weight excluding hydrogens is 242 g/mol. The van der Waals surface area contributed by atoms with Crippen LogP contribution in [-0.2, 0) is 0 Å². The van der Waals surface area contributed by atoms with Gasteiger partial charge in [-0.3, -0.25) is 4.79 Å². The van der Waals surface area contributed by atoms with Gasteiger partial charge in [0.25, 0.3) is 11.3 Å². The Balaban J connectivity index is 2.30. The normalized spacial score (nSPS) is 10.8. The van der Waals surface area contributed by atoms with E-state index < -0.39 is 0 Å². The van der Waals surface area contributed by atoms with Crippen molar-refractivity contribution in [2.75, 3.05) is 0 Å². The maximum Gasteiger partial charge on any atom is 0.278 e. The molecule has 1 aromatic carbocycles. The van der Waals surface area contributed by atoms with Crippen LogP contribution in [0.2, 0.25) is 0 Å². The third-order valence-corrected chi connectivity index (χ3v) is 2.97. The highest BCUT2D eigenvalue weighted by Gasteiger charge is 2.10. The number of benzene rings is 1. The van der Waals surface area contributed by atoms with Crippen LogP contribution in [0.15, 0.2) is 35.1 Å². The molecule has 6 heteroatoms. The van der Waals surface area contributed by atoms with E-state index in [1.54, 1.807) is 13.8 Å². The van der Waals surface area contributed by atoms with Crippen molar-refractivity contribution in [1.29, 1.82) is 0 Å². The second-order valence-corrected chi connectivity index (χ2v) is 4.23. The molecule has 0 bridgehead atoms. The predicted octanol–water partition coefficient (Wildman–Crippen LogP) is 1.16. The summed E-state index contributed by atoms with van der Waals surface area (Å²) in [7, 11) is 0. The van der Waals surface area contributed by atoms with E-state index in [1.165, 1.54) is 4.52 Å². The topological polar surface area (TPSA) is 73.0 Å². The van der Waals surface area contributed by atoms with Crippen molar-refractivity contribution in [3.63, 3.8) is 0 Å². The molecule has 6 nitrogen and oxygen atoms in total. The van der Waals surface area contributed by atoms with Gasteiger partial charge in [-0.25, -0.2) is 4.98 Å². The Morgan fingerprint density at radius 2 is 1.79 bits per heavy atom. The highest BCUT2D eigenvalue weighted by atomic mass is 16.1. The Morgan fingerprint density at radius 1 is 1.05 bits per heavy atom. The molecule has 0 spiro atoms. The van der Waals surface area contributed by atoms with Gasteiger partial charge in [0.1, 0.15) is 0 Å². The van der Waals surface area contributed by atoms with Gasteiger partial charge in [-0.1, -0.05) is 30.3 Å². The van der Waals surface area contributed by atoms with Crippen LogP contribution >= 0.6 is 0 Å². The lowest BCUT2D eigenvalue weighted by molar-refractivity contribution is 0.774. The molecule has 0 aliphatic carbocycles. The quantitative estimate of drug-likeness (QED) is 0.650. The van der Waals surface area contributed by atoms with E-state index in [9.17, 15) is 4.79 Å². The van der Waals surface area contributed by atoms with Crippen molar-refractivity contribution >= 4 is 5.78 Å². The first kappa shape index (κ1) is 11.5. The van der Waals surface area contributed by atoms with Gasteiger partial charge in [0.15, 0.2) is 0 Å². The molecule has 2 heterocycles. The van der Waals surface area contributed by atoms with Crippen molar-refractivity contribution in [1.82, 2.24) is 24.8 Å². The Bertz CT molecular complexity index is 810. The van der Waals surface area contributed by atoms with Gasteiger partial charge < -0.3 is 0 Å². The SMILES string of the molecule is Cc1nc2nnc(-c3ccccc3)nn2c(=O)c1C. The summed E-state index contributed by atoms with van der Waals surface area (Å²) in [4.78, 5) is 16.3. The molecule has 2 aromatic heterocycles. The van der Waals surface area contributed by atoms with Crippen LogP contribution in [0.1, 0.15) is 11.3 Å². The van der Waals surface area contributed by atoms with Gasteiger partial charge in [-0.05, 0) is 13.8 Å². The zero-order chi connectivity index (χ0) is 13.4. The Morgan fingerprint density at radius 3 is 2.53 bits per heavy atom. The van der Waals surface area contributed by atoms with Crippen molar-refractivity contribution < 1.29 is 0 Å². The van der Waals surface area contributed by atoms with Gasteiger partial charge in [0, 0.05) is 16.8 Å². The summed E-state index contributed by atoms with van der Waals surface area (Å²) in [5.74, 6) is 0.619. The van der Waals surface area contributed by atoms with E-state index in [-0.39, 0.29) is 11.3 Å². The molecule has 0 N–H and O–H groups in total. The molecule has 0 unspecified atom stereocenters. The third kappa shape index (κ3) is 1.87. The minimum absolute atomic E-state index is 0.213. The number of fused-ring (bicyclic) bond motifs is 1. The predicted molar refractivity (Wildman–Crippen MR) is 69.8 cm³/mol. The van der Waals surface area contributed by atoms with Gasteiger partial charge in [0.2, 0.25) is 5.82 Å². The zero-order valence-corrected chi connectivity index (χ0v) is 10.5. The van der Waals surface area contributed by atoms with E-state index in [4.69, 9.17) is 0 Å². The van der Waals surface area contributed by atoms with E-state index in [0.717, 1.165) is 5.56 Å². The highest BCUT2D eigenvalue weighted by molar-refractivity contribution is 5.53. The van der Waals surface area contributed by atoms with Crippen molar-refractivity contribution in [2.24, 2.45) is 0 Å².